The number of halogens is 9. The fourth-order valence-electron chi connectivity index (χ4n) is 6.21. The molecule has 248 valence electrons. The minimum atomic E-state index is -1.60. The number of H-pyrrole nitrogens is 3. The van der Waals surface area contributed by atoms with Gasteiger partial charge in [-0.2, -0.15) is 0 Å². The molecule has 4 nitrogen and oxygen atoms in total. The van der Waals surface area contributed by atoms with Crippen molar-refractivity contribution in [1.29, 1.82) is 0 Å². The Morgan fingerprint density at radius 3 is 1.02 bits per heavy atom. The van der Waals surface area contributed by atoms with E-state index in [1.54, 1.807) is 0 Å². The van der Waals surface area contributed by atoms with Gasteiger partial charge in [0.15, 0.2) is 34.9 Å². The quantitative estimate of drug-likeness (QED) is 0.126. The molecule has 8 bridgehead atoms. The van der Waals surface area contributed by atoms with Crippen LogP contribution < -0.4 is 0 Å². The van der Waals surface area contributed by atoms with E-state index < -0.39 is 69.0 Å². The molecular weight excluding hydrogens is 671 g/mol. The third-order valence-electron chi connectivity index (χ3n) is 8.46. The summed E-state index contributed by atoms with van der Waals surface area (Å²) >= 11 is 0. The Hall–Kier alpha value is -6.24. The summed E-state index contributed by atoms with van der Waals surface area (Å²) in [6.07, 6.45) is 2.84. The first kappa shape index (κ1) is 31.1. The third kappa shape index (κ3) is 4.76. The van der Waals surface area contributed by atoms with Crippen molar-refractivity contribution < 1.29 is 39.5 Å². The van der Waals surface area contributed by atoms with Crippen LogP contribution in [0.15, 0.2) is 72.8 Å². The fourth-order valence-corrected chi connectivity index (χ4v) is 6.21. The van der Waals surface area contributed by atoms with Gasteiger partial charge < -0.3 is 15.0 Å². The lowest BCUT2D eigenvalue weighted by Gasteiger charge is -2.09. The molecule has 0 radical (unpaired) electrons. The summed E-state index contributed by atoms with van der Waals surface area (Å²) in [6, 6.07) is 12.0. The van der Waals surface area contributed by atoms with Gasteiger partial charge in [0.05, 0.1) is 33.6 Å². The Kier molecular flexibility index (Phi) is 7.10. The highest BCUT2D eigenvalue weighted by molar-refractivity contribution is 6.00. The van der Waals surface area contributed by atoms with Crippen molar-refractivity contribution in [3.63, 3.8) is 0 Å². The molecule has 4 aromatic heterocycles. The standard InChI is InChI=1S/C37H17F9N4/c38-15-1-4-18(41)35(44)29(15)32-23-9-7-21(47-23)22-8-10-24(48-22)33(30-16(39)2-5-19(42)36(30)45)26-12-14-28(50-26)34(27-13-11-25(32)49-27)31-17(40)3-6-20(43)37(31)46/h1-14,47,49-50H. The van der Waals surface area contributed by atoms with Gasteiger partial charge in [-0.3, -0.25) is 0 Å². The van der Waals surface area contributed by atoms with Crippen LogP contribution in [0.3, 0.4) is 0 Å². The highest BCUT2D eigenvalue weighted by atomic mass is 19.2. The number of nitrogens with one attached hydrogen (secondary N) is 3. The number of hydrogen-bond donors (Lipinski definition) is 3. The van der Waals surface area contributed by atoms with Gasteiger partial charge in [-0.05, 0) is 84.9 Å². The van der Waals surface area contributed by atoms with Gasteiger partial charge in [-0.15, -0.1) is 0 Å². The topological polar surface area (TPSA) is 60.3 Å². The van der Waals surface area contributed by atoms with Gasteiger partial charge in [0.25, 0.3) is 0 Å². The third-order valence-corrected chi connectivity index (χ3v) is 8.46. The van der Waals surface area contributed by atoms with Crippen LogP contribution in [0.4, 0.5) is 39.5 Å². The Morgan fingerprint density at radius 1 is 0.300 bits per heavy atom. The first-order valence-electron chi connectivity index (χ1n) is 14.8. The number of benzene rings is 3. The zero-order valence-electron chi connectivity index (χ0n) is 24.9. The molecule has 50 heavy (non-hydrogen) atoms. The van der Waals surface area contributed by atoms with Crippen molar-refractivity contribution in [2.75, 3.05) is 0 Å². The zero-order chi connectivity index (χ0) is 35.0. The van der Waals surface area contributed by atoms with E-state index in [4.69, 9.17) is 0 Å². The molecule has 3 aromatic carbocycles. The summed E-state index contributed by atoms with van der Waals surface area (Å²) in [5.41, 5.74) is -3.30. The Morgan fingerprint density at radius 2 is 0.600 bits per heavy atom. The lowest BCUT2D eigenvalue weighted by molar-refractivity contribution is 0.499. The smallest absolute Gasteiger partial charge is 0.169 e. The van der Waals surface area contributed by atoms with Crippen LogP contribution in [0.1, 0.15) is 11.4 Å². The summed E-state index contributed by atoms with van der Waals surface area (Å²) < 4.78 is 136. The summed E-state index contributed by atoms with van der Waals surface area (Å²) in [4.78, 5) is 13.2. The highest BCUT2D eigenvalue weighted by Crippen LogP contribution is 2.40. The fraction of sp³-hybridized carbons (Fsp3) is 0. The molecular formula is C37H17F9N4. The Balaban J connectivity index is 1.63. The van der Waals surface area contributed by atoms with Crippen molar-refractivity contribution in [1.82, 2.24) is 19.9 Å². The van der Waals surface area contributed by atoms with E-state index in [1.165, 1.54) is 48.6 Å². The summed E-state index contributed by atoms with van der Waals surface area (Å²) in [5, 5.41) is 0. The Bertz CT molecular complexity index is 2720. The highest BCUT2D eigenvalue weighted by Gasteiger charge is 2.25. The number of aromatic amines is 3. The second-order valence-corrected chi connectivity index (χ2v) is 11.4. The van der Waals surface area contributed by atoms with Crippen molar-refractivity contribution in [2.45, 2.75) is 0 Å². The molecule has 0 amide bonds. The summed E-state index contributed by atoms with van der Waals surface area (Å²) in [6.45, 7) is 0. The van der Waals surface area contributed by atoms with Gasteiger partial charge in [0, 0.05) is 44.3 Å². The summed E-state index contributed by atoms with van der Waals surface area (Å²) in [5.74, 6) is -12.3. The minimum Gasteiger partial charge on any atom is -0.354 e. The molecule has 13 heteroatoms. The SMILES string of the molecule is Fc1ccc(F)c(-c2c3nc(c4ccc([nH]4)c(-c4c(F)ccc(F)c4F)c4ccc([nH]4)c(-c4c(F)ccc(F)c4F)c4ccc2[nH]4)C=C3)c1F. The van der Waals surface area contributed by atoms with Gasteiger partial charge in [0.2, 0.25) is 0 Å². The van der Waals surface area contributed by atoms with E-state index in [0.717, 1.165) is 12.1 Å². The molecule has 0 unspecified atom stereocenters. The van der Waals surface area contributed by atoms with Gasteiger partial charge in [0.1, 0.15) is 17.5 Å². The van der Waals surface area contributed by atoms with Crippen molar-refractivity contribution in [3.8, 4) is 33.4 Å². The molecule has 0 saturated heterocycles. The number of aromatic nitrogens is 4. The van der Waals surface area contributed by atoms with Gasteiger partial charge in [-0.1, -0.05) is 0 Å². The Labute approximate surface area is 274 Å². The van der Waals surface area contributed by atoms with Crippen molar-refractivity contribution in [3.05, 3.63) is 137 Å². The van der Waals surface area contributed by atoms with E-state index >= 15 is 26.3 Å². The maximum atomic E-state index is 15.5. The molecule has 7 aromatic rings. The molecule has 0 saturated carbocycles. The van der Waals surface area contributed by atoms with E-state index in [1.807, 2.05) is 0 Å². The van der Waals surface area contributed by atoms with Gasteiger partial charge in [-0.25, -0.2) is 44.5 Å². The number of fused-ring (bicyclic) bond motifs is 9. The largest absolute Gasteiger partial charge is 0.354 e. The maximum absolute atomic E-state index is 15.5. The maximum Gasteiger partial charge on any atom is 0.169 e. The van der Waals surface area contributed by atoms with E-state index in [9.17, 15) is 13.2 Å². The molecule has 8 rings (SSSR count). The van der Waals surface area contributed by atoms with E-state index in [0.29, 0.717) is 24.3 Å². The molecule has 0 fully saturated rings. The summed E-state index contributed by atoms with van der Waals surface area (Å²) in [7, 11) is 0. The van der Waals surface area contributed by atoms with Crippen LogP contribution >= 0.6 is 0 Å². The van der Waals surface area contributed by atoms with Crippen LogP contribution in [0.25, 0.3) is 78.6 Å². The first-order valence-corrected chi connectivity index (χ1v) is 14.8. The van der Waals surface area contributed by atoms with Crippen LogP contribution in [0.5, 0.6) is 0 Å². The number of hydrogen-bond acceptors (Lipinski definition) is 1. The molecule has 0 atom stereocenters. The minimum absolute atomic E-state index is 0.0360. The average Bonchev–Trinajstić information content (AvgIpc) is 3.93. The van der Waals surface area contributed by atoms with Crippen molar-refractivity contribution in [2.24, 2.45) is 0 Å². The van der Waals surface area contributed by atoms with Crippen molar-refractivity contribution >= 4 is 45.3 Å². The lowest BCUT2D eigenvalue weighted by atomic mass is 10.0. The molecule has 3 N–H and O–H groups in total. The zero-order valence-corrected chi connectivity index (χ0v) is 24.9. The lowest BCUT2D eigenvalue weighted by Crippen LogP contribution is -1.97. The van der Waals surface area contributed by atoms with Crippen LogP contribution in [0, 0.1) is 52.4 Å². The number of rotatable bonds is 3. The van der Waals surface area contributed by atoms with E-state index in [2.05, 4.69) is 19.9 Å². The second kappa shape index (κ2) is 11.4. The first-order chi connectivity index (χ1) is 24.0. The monoisotopic (exact) mass is 688 g/mol. The van der Waals surface area contributed by atoms with E-state index in [-0.39, 0.29) is 61.2 Å². The molecule has 1 aliphatic heterocycles. The van der Waals surface area contributed by atoms with Crippen LogP contribution in [-0.4, -0.2) is 19.9 Å². The number of nitrogens with zero attached hydrogens (tertiary/aromatic N) is 1. The second-order valence-electron chi connectivity index (χ2n) is 11.4. The van der Waals surface area contributed by atoms with Crippen LogP contribution in [0.2, 0.25) is 0 Å². The molecule has 0 spiro atoms. The van der Waals surface area contributed by atoms with Crippen LogP contribution in [-0.2, 0) is 0 Å². The predicted molar refractivity (Wildman–Crippen MR) is 171 cm³/mol. The van der Waals surface area contributed by atoms with Gasteiger partial charge >= 0.3 is 0 Å². The average molecular weight is 689 g/mol. The molecule has 0 aliphatic carbocycles. The normalized spacial score (nSPS) is 12.0. The predicted octanol–water partition coefficient (Wildman–Crippen LogP) is 10.9. The molecule has 1 aliphatic rings. The molecule has 5 heterocycles.